The Morgan fingerprint density at radius 2 is 2.08 bits per heavy atom. The van der Waals surface area contributed by atoms with E-state index < -0.39 is 18.0 Å². The number of hydrogen-bond donors (Lipinski definition) is 1. The maximum absolute atomic E-state index is 12.3. The van der Waals surface area contributed by atoms with E-state index in [1.54, 1.807) is 6.20 Å². The van der Waals surface area contributed by atoms with Gasteiger partial charge in [0.25, 0.3) is 5.91 Å². The molecule has 0 saturated heterocycles. The van der Waals surface area contributed by atoms with E-state index in [0.717, 1.165) is 5.69 Å². The quantitative estimate of drug-likeness (QED) is 0.618. The number of benzene rings is 1. The van der Waals surface area contributed by atoms with E-state index in [1.165, 1.54) is 24.8 Å². The lowest BCUT2D eigenvalue weighted by Crippen LogP contribution is -2.36. The molecule has 126 valence electrons. The second-order valence-corrected chi connectivity index (χ2v) is 4.91. The molecule has 7 nitrogen and oxygen atoms in total. The van der Waals surface area contributed by atoms with Crippen molar-refractivity contribution in [2.24, 2.45) is 0 Å². The zero-order chi connectivity index (χ0) is 17.5. The van der Waals surface area contributed by atoms with Crippen molar-refractivity contribution in [1.82, 2.24) is 15.1 Å². The van der Waals surface area contributed by atoms with Crippen molar-refractivity contribution in [2.75, 3.05) is 13.7 Å². The first-order valence-electron chi connectivity index (χ1n) is 7.35. The summed E-state index contributed by atoms with van der Waals surface area (Å²) >= 11 is 0. The van der Waals surface area contributed by atoms with Gasteiger partial charge in [-0.2, -0.15) is 5.10 Å². The zero-order valence-electron chi connectivity index (χ0n) is 13.6. The second-order valence-electron chi connectivity index (χ2n) is 4.91. The smallest absolute Gasteiger partial charge is 0.363 e. The van der Waals surface area contributed by atoms with Gasteiger partial charge in [0.1, 0.15) is 0 Å². The van der Waals surface area contributed by atoms with Gasteiger partial charge in [0.2, 0.25) is 5.69 Å². The van der Waals surface area contributed by atoms with Gasteiger partial charge in [-0.25, -0.2) is 9.48 Å². The minimum absolute atomic E-state index is 0.00437. The molecule has 0 aliphatic rings. The lowest BCUT2D eigenvalue weighted by atomic mass is 10.3. The Bertz CT molecular complexity index is 725. The molecule has 1 amide bonds. The summed E-state index contributed by atoms with van der Waals surface area (Å²) in [5.74, 6) is -0.880. The summed E-state index contributed by atoms with van der Waals surface area (Å²) in [5.41, 5.74) is 0.774. The van der Waals surface area contributed by atoms with E-state index in [9.17, 15) is 9.59 Å². The highest BCUT2D eigenvalue weighted by Crippen LogP contribution is 2.20. The van der Waals surface area contributed by atoms with Crippen molar-refractivity contribution < 1.29 is 19.1 Å². The molecule has 1 heterocycles. The lowest BCUT2D eigenvalue weighted by Gasteiger charge is -2.12. The Balaban J connectivity index is 2.15. The van der Waals surface area contributed by atoms with Gasteiger partial charge in [-0.05, 0) is 19.1 Å². The van der Waals surface area contributed by atoms with Crippen LogP contribution in [0.2, 0.25) is 0 Å². The molecule has 0 saturated carbocycles. The van der Waals surface area contributed by atoms with E-state index >= 15 is 0 Å². The molecule has 7 heteroatoms. The number of nitrogens with zero attached hydrogens (tertiary/aromatic N) is 2. The SMILES string of the molecule is C=CCNC(=O)[C@@H](C)OC(=O)c1nn(-c2ccccc2)cc1OC. The number of amides is 1. The van der Waals surface area contributed by atoms with Crippen LogP contribution in [-0.4, -0.2) is 41.4 Å². The molecule has 1 N–H and O–H groups in total. The second kappa shape index (κ2) is 7.96. The summed E-state index contributed by atoms with van der Waals surface area (Å²) in [6, 6.07) is 9.27. The Morgan fingerprint density at radius 1 is 1.38 bits per heavy atom. The van der Waals surface area contributed by atoms with Crippen LogP contribution >= 0.6 is 0 Å². The summed E-state index contributed by atoms with van der Waals surface area (Å²) in [6.45, 7) is 5.28. The molecule has 2 aromatic rings. The predicted octanol–water partition coefficient (Wildman–Crippen LogP) is 1.73. The van der Waals surface area contributed by atoms with Crippen LogP contribution in [0.3, 0.4) is 0 Å². The fourth-order valence-corrected chi connectivity index (χ4v) is 1.95. The van der Waals surface area contributed by atoms with E-state index in [1.807, 2.05) is 30.3 Å². The molecule has 24 heavy (non-hydrogen) atoms. The predicted molar refractivity (Wildman–Crippen MR) is 88.2 cm³/mol. The van der Waals surface area contributed by atoms with Crippen LogP contribution in [0.1, 0.15) is 17.4 Å². The Labute approximate surface area is 139 Å². The average molecular weight is 329 g/mol. The van der Waals surface area contributed by atoms with E-state index in [0.29, 0.717) is 6.54 Å². The number of aromatic nitrogens is 2. The molecule has 0 radical (unpaired) electrons. The van der Waals surface area contributed by atoms with Gasteiger partial charge in [0, 0.05) is 6.54 Å². The monoisotopic (exact) mass is 329 g/mol. The van der Waals surface area contributed by atoms with E-state index in [2.05, 4.69) is 17.0 Å². The third kappa shape index (κ3) is 4.01. The maximum atomic E-state index is 12.3. The van der Waals surface area contributed by atoms with Crippen LogP contribution in [0.5, 0.6) is 5.75 Å². The first kappa shape index (κ1) is 17.3. The number of carbonyl (C=O) groups excluding carboxylic acids is 2. The third-order valence-corrected chi connectivity index (χ3v) is 3.19. The highest BCUT2D eigenvalue weighted by atomic mass is 16.6. The van der Waals surface area contributed by atoms with Gasteiger partial charge in [-0.3, -0.25) is 4.79 Å². The average Bonchev–Trinajstić information content (AvgIpc) is 3.04. The van der Waals surface area contributed by atoms with Gasteiger partial charge in [-0.1, -0.05) is 24.3 Å². The zero-order valence-corrected chi connectivity index (χ0v) is 13.6. The van der Waals surface area contributed by atoms with Gasteiger partial charge in [0.15, 0.2) is 11.9 Å². The van der Waals surface area contributed by atoms with Crippen molar-refractivity contribution >= 4 is 11.9 Å². The van der Waals surface area contributed by atoms with Crippen molar-refractivity contribution in [3.8, 4) is 11.4 Å². The van der Waals surface area contributed by atoms with Crippen LogP contribution in [0.25, 0.3) is 5.69 Å². The highest BCUT2D eigenvalue weighted by Gasteiger charge is 2.24. The molecule has 0 spiro atoms. The van der Waals surface area contributed by atoms with Crippen LogP contribution in [-0.2, 0) is 9.53 Å². The standard InChI is InChI=1S/C17H19N3O4/c1-4-10-18-16(21)12(2)24-17(22)15-14(23-3)11-20(19-15)13-8-6-5-7-9-13/h4-9,11-12H,1,10H2,2-3H3,(H,18,21)/t12-/m1/s1. The number of hydrogen-bond acceptors (Lipinski definition) is 5. The molecular formula is C17H19N3O4. The molecule has 1 aromatic heterocycles. The first-order chi connectivity index (χ1) is 11.6. The number of nitrogens with one attached hydrogen (secondary N) is 1. The molecule has 0 bridgehead atoms. The molecule has 0 aliphatic carbocycles. The summed E-state index contributed by atoms with van der Waals surface area (Å²) in [7, 11) is 1.43. The fourth-order valence-electron chi connectivity index (χ4n) is 1.95. The van der Waals surface area contributed by atoms with Gasteiger partial charge in [0.05, 0.1) is 19.0 Å². The highest BCUT2D eigenvalue weighted by molar-refractivity contribution is 5.92. The molecule has 1 aromatic carbocycles. The maximum Gasteiger partial charge on any atom is 0.363 e. The number of ether oxygens (including phenoxy) is 2. The molecule has 2 rings (SSSR count). The number of rotatable bonds is 7. The Morgan fingerprint density at radius 3 is 2.71 bits per heavy atom. The van der Waals surface area contributed by atoms with Crippen molar-refractivity contribution in [3.05, 3.63) is 54.9 Å². The first-order valence-corrected chi connectivity index (χ1v) is 7.35. The Hall–Kier alpha value is -3.09. The summed E-state index contributed by atoms with van der Waals surface area (Å²) in [6.07, 6.45) is 2.16. The number of esters is 1. The minimum Gasteiger partial charge on any atom is -0.493 e. The summed E-state index contributed by atoms with van der Waals surface area (Å²) in [4.78, 5) is 24.0. The van der Waals surface area contributed by atoms with Crippen molar-refractivity contribution in [2.45, 2.75) is 13.0 Å². The van der Waals surface area contributed by atoms with Gasteiger partial charge < -0.3 is 14.8 Å². The normalized spacial score (nSPS) is 11.4. The van der Waals surface area contributed by atoms with E-state index in [-0.39, 0.29) is 11.4 Å². The van der Waals surface area contributed by atoms with Crippen LogP contribution in [0.4, 0.5) is 0 Å². The number of methoxy groups -OCH3 is 1. The van der Waals surface area contributed by atoms with Gasteiger partial charge in [-0.15, -0.1) is 6.58 Å². The van der Waals surface area contributed by atoms with Crippen LogP contribution < -0.4 is 10.1 Å². The topological polar surface area (TPSA) is 82.5 Å². The number of para-hydroxylation sites is 1. The van der Waals surface area contributed by atoms with Crippen LogP contribution in [0.15, 0.2) is 49.2 Å². The summed E-state index contributed by atoms with van der Waals surface area (Å²) < 4.78 is 11.8. The lowest BCUT2D eigenvalue weighted by molar-refractivity contribution is -0.128. The molecule has 1 atom stereocenters. The molecule has 0 unspecified atom stereocenters. The fraction of sp³-hybridized carbons (Fsp3) is 0.235. The van der Waals surface area contributed by atoms with Gasteiger partial charge >= 0.3 is 5.97 Å². The van der Waals surface area contributed by atoms with Crippen molar-refractivity contribution in [3.63, 3.8) is 0 Å². The molecule has 0 aliphatic heterocycles. The van der Waals surface area contributed by atoms with Crippen molar-refractivity contribution in [1.29, 1.82) is 0 Å². The van der Waals surface area contributed by atoms with E-state index in [4.69, 9.17) is 9.47 Å². The largest absolute Gasteiger partial charge is 0.493 e. The minimum atomic E-state index is -0.955. The molecular weight excluding hydrogens is 310 g/mol. The third-order valence-electron chi connectivity index (χ3n) is 3.19. The Kier molecular flexibility index (Phi) is 5.73. The number of carbonyl (C=O) groups is 2. The summed E-state index contributed by atoms with van der Waals surface area (Å²) in [5, 5.41) is 6.75. The van der Waals surface area contributed by atoms with Crippen LogP contribution in [0, 0.1) is 0 Å². The molecule has 0 fully saturated rings.